The molecule has 1 unspecified atom stereocenters. The van der Waals surface area contributed by atoms with E-state index in [0.717, 1.165) is 6.54 Å². The van der Waals surface area contributed by atoms with Crippen LogP contribution in [0.25, 0.3) is 0 Å². The van der Waals surface area contributed by atoms with Gasteiger partial charge in [0.05, 0.1) is 11.2 Å². The molecule has 0 bridgehead atoms. The van der Waals surface area contributed by atoms with E-state index in [1.54, 1.807) is 6.92 Å². The van der Waals surface area contributed by atoms with Crippen LogP contribution in [0.1, 0.15) is 33.1 Å². The highest BCUT2D eigenvalue weighted by molar-refractivity contribution is 7.90. The maximum Gasteiger partial charge on any atom is 0.240 e. The Bertz CT molecular complexity index is 345. The summed E-state index contributed by atoms with van der Waals surface area (Å²) < 4.78 is 25.2. The molecule has 0 aromatic heterocycles. The summed E-state index contributed by atoms with van der Waals surface area (Å²) in [7, 11) is -3.44. The van der Waals surface area contributed by atoms with Gasteiger partial charge < -0.3 is 5.32 Å². The monoisotopic (exact) mass is 248 g/mol. The Labute approximate surface area is 97.0 Å². The van der Waals surface area contributed by atoms with Crippen LogP contribution >= 0.6 is 0 Å². The summed E-state index contributed by atoms with van der Waals surface area (Å²) in [6, 6.07) is 0. The van der Waals surface area contributed by atoms with E-state index in [9.17, 15) is 13.2 Å². The SMILES string of the molecule is CCCS(=O)(=O)NC(=O)C1(CC)CCNC1. The first-order chi connectivity index (χ1) is 7.46. The number of carbonyl (C=O) groups is 1. The molecule has 0 aliphatic carbocycles. The van der Waals surface area contributed by atoms with E-state index in [2.05, 4.69) is 10.0 Å². The molecule has 5 nitrogen and oxygen atoms in total. The van der Waals surface area contributed by atoms with Crippen LogP contribution in [0.4, 0.5) is 0 Å². The van der Waals surface area contributed by atoms with Crippen LogP contribution in [-0.2, 0) is 14.8 Å². The Kier molecular flexibility index (Phi) is 4.32. The summed E-state index contributed by atoms with van der Waals surface area (Å²) in [4.78, 5) is 12.0. The average molecular weight is 248 g/mol. The van der Waals surface area contributed by atoms with Gasteiger partial charge in [-0.05, 0) is 25.8 Å². The van der Waals surface area contributed by atoms with Crippen molar-refractivity contribution in [2.24, 2.45) is 5.41 Å². The normalized spacial score (nSPS) is 25.6. The van der Waals surface area contributed by atoms with Crippen LogP contribution in [-0.4, -0.2) is 33.2 Å². The lowest BCUT2D eigenvalue weighted by atomic mass is 9.84. The third-order valence-electron chi connectivity index (χ3n) is 3.12. The molecule has 2 N–H and O–H groups in total. The molecule has 16 heavy (non-hydrogen) atoms. The maximum atomic E-state index is 12.0. The minimum absolute atomic E-state index is 0.00592. The molecule has 1 amide bonds. The average Bonchev–Trinajstić information content (AvgIpc) is 2.66. The molecular weight excluding hydrogens is 228 g/mol. The fraction of sp³-hybridized carbons (Fsp3) is 0.900. The number of nitrogens with one attached hydrogen (secondary N) is 2. The molecule has 0 saturated carbocycles. The van der Waals surface area contributed by atoms with Crippen LogP contribution in [0.5, 0.6) is 0 Å². The van der Waals surface area contributed by atoms with Crippen molar-refractivity contribution < 1.29 is 13.2 Å². The van der Waals surface area contributed by atoms with Crippen molar-refractivity contribution in [2.75, 3.05) is 18.8 Å². The minimum Gasteiger partial charge on any atom is -0.316 e. The second-order valence-corrected chi connectivity index (χ2v) is 6.15. The summed E-state index contributed by atoms with van der Waals surface area (Å²) in [5.74, 6) is -0.347. The topological polar surface area (TPSA) is 75.3 Å². The van der Waals surface area contributed by atoms with Gasteiger partial charge in [0.2, 0.25) is 15.9 Å². The van der Waals surface area contributed by atoms with Crippen LogP contribution in [0.2, 0.25) is 0 Å². The van der Waals surface area contributed by atoms with Crippen molar-refractivity contribution >= 4 is 15.9 Å². The Morgan fingerprint density at radius 3 is 2.56 bits per heavy atom. The zero-order valence-corrected chi connectivity index (χ0v) is 10.7. The number of sulfonamides is 1. The van der Waals surface area contributed by atoms with Gasteiger partial charge in [0.1, 0.15) is 0 Å². The van der Waals surface area contributed by atoms with Crippen molar-refractivity contribution in [3.63, 3.8) is 0 Å². The van der Waals surface area contributed by atoms with Crippen molar-refractivity contribution in [3.8, 4) is 0 Å². The second-order valence-electron chi connectivity index (χ2n) is 4.31. The van der Waals surface area contributed by atoms with Gasteiger partial charge in [-0.1, -0.05) is 13.8 Å². The number of hydrogen-bond acceptors (Lipinski definition) is 4. The third kappa shape index (κ3) is 2.95. The molecule has 6 heteroatoms. The third-order valence-corrected chi connectivity index (χ3v) is 4.57. The summed E-state index contributed by atoms with van der Waals surface area (Å²) in [5, 5.41) is 3.11. The van der Waals surface area contributed by atoms with Crippen molar-refractivity contribution in [1.82, 2.24) is 10.0 Å². The number of rotatable bonds is 5. The highest BCUT2D eigenvalue weighted by atomic mass is 32.2. The molecule has 94 valence electrons. The van der Waals surface area contributed by atoms with Crippen molar-refractivity contribution in [1.29, 1.82) is 0 Å². The first-order valence-electron chi connectivity index (χ1n) is 5.71. The smallest absolute Gasteiger partial charge is 0.240 e. The molecule has 1 fully saturated rings. The van der Waals surface area contributed by atoms with Crippen molar-refractivity contribution in [2.45, 2.75) is 33.1 Å². The van der Waals surface area contributed by atoms with Crippen LogP contribution in [0.3, 0.4) is 0 Å². The van der Waals surface area contributed by atoms with Gasteiger partial charge in [-0.25, -0.2) is 8.42 Å². The molecular formula is C10H20N2O3S. The van der Waals surface area contributed by atoms with E-state index >= 15 is 0 Å². The van der Waals surface area contributed by atoms with Crippen LogP contribution in [0, 0.1) is 5.41 Å². The van der Waals surface area contributed by atoms with E-state index in [1.807, 2.05) is 6.92 Å². The molecule has 1 heterocycles. The van der Waals surface area contributed by atoms with E-state index in [-0.39, 0.29) is 11.7 Å². The van der Waals surface area contributed by atoms with Crippen molar-refractivity contribution in [3.05, 3.63) is 0 Å². The second kappa shape index (κ2) is 5.14. The summed E-state index contributed by atoms with van der Waals surface area (Å²) in [6.07, 6.45) is 1.88. The fourth-order valence-electron chi connectivity index (χ4n) is 1.97. The van der Waals surface area contributed by atoms with E-state index in [0.29, 0.717) is 25.8 Å². The van der Waals surface area contributed by atoms with E-state index < -0.39 is 15.4 Å². The first kappa shape index (κ1) is 13.4. The van der Waals surface area contributed by atoms with Gasteiger partial charge in [-0.3, -0.25) is 9.52 Å². The van der Waals surface area contributed by atoms with Gasteiger partial charge in [0.25, 0.3) is 0 Å². The zero-order valence-electron chi connectivity index (χ0n) is 9.88. The van der Waals surface area contributed by atoms with Gasteiger partial charge in [0, 0.05) is 6.54 Å². The Morgan fingerprint density at radius 1 is 1.44 bits per heavy atom. The lowest BCUT2D eigenvalue weighted by Crippen LogP contribution is -2.45. The van der Waals surface area contributed by atoms with E-state index in [4.69, 9.17) is 0 Å². The minimum atomic E-state index is -3.44. The Morgan fingerprint density at radius 2 is 2.12 bits per heavy atom. The lowest BCUT2D eigenvalue weighted by Gasteiger charge is -2.24. The predicted molar refractivity (Wildman–Crippen MR) is 62.4 cm³/mol. The molecule has 0 aromatic rings. The highest BCUT2D eigenvalue weighted by Crippen LogP contribution is 2.29. The fourth-order valence-corrected chi connectivity index (χ4v) is 3.11. The molecule has 1 aliphatic rings. The molecule has 1 atom stereocenters. The summed E-state index contributed by atoms with van der Waals surface area (Å²) >= 11 is 0. The quantitative estimate of drug-likeness (QED) is 0.730. The number of hydrogen-bond donors (Lipinski definition) is 2. The van der Waals surface area contributed by atoms with Gasteiger partial charge in [0.15, 0.2) is 0 Å². The molecule has 0 spiro atoms. The first-order valence-corrected chi connectivity index (χ1v) is 7.36. The molecule has 1 aliphatic heterocycles. The Balaban J connectivity index is 2.71. The molecule has 1 rings (SSSR count). The predicted octanol–water partition coefficient (Wildman–Crippen LogP) is 0.232. The van der Waals surface area contributed by atoms with Crippen LogP contribution in [0.15, 0.2) is 0 Å². The van der Waals surface area contributed by atoms with Gasteiger partial charge in [-0.2, -0.15) is 0 Å². The highest BCUT2D eigenvalue weighted by Gasteiger charge is 2.40. The number of carbonyl (C=O) groups excluding carboxylic acids is 1. The van der Waals surface area contributed by atoms with E-state index in [1.165, 1.54) is 0 Å². The maximum absolute atomic E-state index is 12.0. The largest absolute Gasteiger partial charge is 0.316 e. The summed E-state index contributed by atoms with van der Waals surface area (Å²) in [5.41, 5.74) is -0.541. The Hall–Kier alpha value is -0.620. The van der Waals surface area contributed by atoms with Gasteiger partial charge in [-0.15, -0.1) is 0 Å². The molecule has 0 radical (unpaired) electrons. The number of amides is 1. The van der Waals surface area contributed by atoms with Crippen LogP contribution < -0.4 is 10.0 Å². The zero-order chi connectivity index (χ0) is 12.2. The molecule has 1 saturated heterocycles. The summed E-state index contributed by atoms with van der Waals surface area (Å²) in [6.45, 7) is 5.03. The van der Waals surface area contributed by atoms with Gasteiger partial charge >= 0.3 is 0 Å². The molecule has 0 aromatic carbocycles. The standard InChI is InChI=1S/C10H20N2O3S/c1-3-7-16(14,15)12-9(13)10(4-2)5-6-11-8-10/h11H,3-8H2,1-2H3,(H,12,13). The lowest BCUT2D eigenvalue weighted by molar-refractivity contribution is -0.128.